The molecule has 0 spiro atoms. The van der Waals surface area contributed by atoms with Gasteiger partial charge in [0.15, 0.2) is 5.78 Å². The molecule has 0 aromatic heterocycles. The van der Waals surface area contributed by atoms with Crippen molar-refractivity contribution in [2.75, 3.05) is 0 Å². The van der Waals surface area contributed by atoms with Crippen molar-refractivity contribution in [3.63, 3.8) is 0 Å². The summed E-state index contributed by atoms with van der Waals surface area (Å²) in [6.07, 6.45) is 0. The van der Waals surface area contributed by atoms with Crippen LogP contribution in [0.25, 0.3) is 0 Å². The lowest BCUT2D eigenvalue weighted by Gasteiger charge is -2.11. The standard InChI is InChI=1S/C10H7Cl3O3/c1-6(14)7-4-2-3-5-8(7)16-9(15)10(11,12)13/h2-5H,1H3. The number of ether oxygens (including phenoxy) is 1. The van der Waals surface area contributed by atoms with Crippen molar-refractivity contribution in [1.82, 2.24) is 0 Å². The van der Waals surface area contributed by atoms with Gasteiger partial charge in [-0.3, -0.25) is 4.79 Å². The molecule has 0 saturated carbocycles. The zero-order valence-corrected chi connectivity index (χ0v) is 10.4. The van der Waals surface area contributed by atoms with Gasteiger partial charge in [-0.05, 0) is 19.1 Å². The van der Waals surface area contributed by atoms with Gasteiger partial charge in [-0.2, -0.15) is 0 Å². The lowest BCUT2D eigenvalue weighted by molar-refractivity contribution is -0.133. The molecule has 0 fully saturated rings. The first-order valence-electron chi connectivity index (χ1n) is 4.21. The van der Waals surface area contributed by atoms with Gasteiger partial charge < -0.3 is 4.74 Å². The van der Waals surface area contributed by atoms with Gasteiger partial charge in [-0.15, -0.1) is 0 Å². The minimum atomic E-state index is -2.16. The molecule has 0 aliphatic carbocycles. The molecule has 6 heteroatoms. The molecule has 0 aliphatic rings. The van der Waals surface area contributed by atoms with E-state index in [0.717, 1.165) is 0 Å². The lowest BCUT2D eigenvalue weighted by atomic mass is 10.1. The molecule has 1 aromatic rings. The number of ketones is 1. The summed E-state index contributed by atoms with van der Waals surface area (Å²) in [5.41, 5.74) is 0.255. The van der Waals surface area contributed by atoms with Crippen molar-refractivity contribution in [2.24, 2.45) is 0 Å². The molecule has 1 aromatic carbocycles. The maximum atomic E-state index is 11.3. The molecule has 1 rings (SSSR count). The Hall–Kier alpha value is -0.770. The normalized spacial score (nSPS) is 11.0. The Morgan fingerprint density at radius 2 is 1.75 bits per heavy atom. The third-order valence-electron chi connectivity index (χ3n) is 1.70. The summed E-state index contributed by atoms with van der Waals surface area (Å²) in [7, 11) is 0. The third kappa shape index (κ3) is 3.37. The average molecular weight is 282 g/mol. The van der Waals surface area contributed by atoms with E-state index in [-0.39, 0.29) is 17.1 Å². The molecule has 0 aliphatic heterocycles. The van der Waals surface area contributed by atoms with Crippen molar-refractivity contribution in [1.29, 1.82) is 0 Å². The van der Waals surface area contributed by atoms with E-state index in [1.807, 2.05) is 0 Å². The fourth-order valence-corrected chi connectivity index (χ4v) is 1.12. The summed E-state index contributed by atoms with van der Waals surface area (Å²) < 4.78 is 2.65. The van der Waals surface area contributed by atoms with E-state index in [9.17, 15) is 9.59 Å². The number of halogens is 3. The maximum absolute atomic E-state index is 11.3. The second-order valence-corrected chi connectivity index (χ2v) is 5.22. The van der Waals surface area contributed by atoms with Crippen molar-refractivity contribution in [3.05, 3.63) is 29.8 Å². The summed E-state index contributed by atoms with van der Waals surface area (Å²) >= 11 is 16.0. The van der Waals surface area contributed by atoms with Crippen molar-refractivity contribution in [2.45, 2.75) is 10.7 Å². The Morgan fingerprint density at radius 3 is 2.25 bits per heavy atom. The number of hydrogen-bond donors (Lipinski definition) is 0. The largest absolute Gasteiger partial charge is 0.423 e. The average Bonchev–Trinajstić information content (AvgIpc) is 2.16. The van der Waals surface area contributed by atoms with Crippen LogP contribution >= 0.6 is 34.8 Å². The fourth-order valence-electron chi connectivity index (χ4n) is 1.00. The third-order valence-corrected chi connectivity index (χ3v) is 2.16. The predicted molar refractivity (Wildman–Crippen MR) is 62.4 cm³/mol. The smallest absolute Gasteiger partial charge is 0.363 e. The molecule has 16 heavy (non-hydrogen) atoms. The SMILES string of the molecule is CC(=O)c1ccccc1OC(=O)C(Cl)(Cl)Cl. The van der Waals surface area contributed by atoms with Gasteiger partial charge in [-0.1, -0.05) is 46.9 Å². The van der Waals surface area contributed by atoms with Gasteiger partial charge in [0.25, 0.3) is 3.79 Å². The highest BCUT2D eigenvalue weighted by molar-refractivity contribution is 6.75. The van der Waals surface area contributed by atoms with E-state index in [4.69, 9.17) is 39.5 Å². The Morgan fingerprint density at radius 1 is 1.19 bits per heavy atom. The van der Waals surface area contributed by atoms with Crippen LogP contribution in [-0.4, -0.2) is 15.5 Å². The van der Waals surface area contributed by atoms with E-state index >= 15 is 0 Å². The maximum Gasteiger partial charge on any atom is 0.363 e. The zero-order chi connectivity index (χ0) is 12.3. The second kappa shape index (κ2) is 5.04. The fraction of sp³-hybridized carbons (Fsp3) is 0.200. The summed E-state index contributed by atoms with van der Waals surface area (Å²) in [6.45, 7) is 1.35. The molecular weight excluding hydrogens is 274 g/mol. The van der Waals surface area contributed by atoms with E-state index < -0.39 is 9.76 Å². The molecule has 0 atom stereocenters. The van der Waals surface area contributed by atoms with E-state index in [1.54, 1.807) is 12.1 Å². The van der Waals surface area contributed by atoms with Crippen LogP contribution in [0.15, 0.2) is 24.3 Å². The molecule has 0 bridgehead atoms. The highest BCUT2D eigenvalue weighted by Gasteiger charge is 2.33. The van der Waals surface area contributed by atoms with Crippen LogP contribution in [0, 0.1) is 0 Å². The summed E-state index contributed by atoms with van der Waals surface area (Å²) in [6, 6.07) is 6.21. The van der Waals surface area contributed by atoms with Gasteiger partial charge in [0.05, 0.1) is 5.56 Å². The predicted octanol–water partition coefficient (Wildman–Crippen LogP) is 3.16. The number of hydrogen-bond acceptors (Lipinski definition) is 3. The van der Waals surface area contributed by atoms with E-state index in [0.29, 0.717) is 0 Å². The quantitative estimate of drug-likeness (QED) is 0.362. The molecule has 3 nitrogen and oxygen atoms in total. The first-order valence-corrected chi connectivity index (χ1v) is 5.34. The van der Waals surface area contributed by atoms with E-state index in [1.165, 1.54) is 19.1 Å². The molecule has 0 saturated heterocycles. The van der Waals surface area contributed by atoms with Crippen molar-refractivity contribution < 1.29 is 14.3 Å². The van der Waals surface area contributed by atoms with Crippen LogP contribution in [-0.2, 0) is 4.79 Å². The highest BCUT2D eigenvalue weighted by atomic mass is 35.6. The number of esters is 1. The highest BCUT2D eigenvalue weighted by Crippen LogP contribution is 2.29. The minimum absolute atomic E-state index is 0.0753. The monoisotopic (exact) mass is 280 g/mol. The number of rotatable bonds is 2. The molecule has 86 valence electrons. The van der Waals surface area contributed by atoms with Crippen molar-refractivity contribution >= 4 is 46.6 Å². The van der Waals surface area contributed by atoms with Crippen LogP contribution in [0.2, 0.25) is 0 Å². The minimum Gasteiger partial charge on any atom is -0.423 e. The molecule has 0 amide bonds. The van der Waals surface area contributed by atoms with Crippen LogP contribution in [0.4, 0.5) is 0 Å². The molecular formula is C10H7Cl3O3. The van der Waals surface area contributed by atoms with E-state index in [2.05, 4.69) is 0 Å². The number of Topliss-reactive ketones (excluding diaryl/α,β-unsaturated/α-hetero) is 1. The summed E-state index contributed by atoms with van der Waals surface area (Å²) in [4.78, 5) is 22.5. The Balaban J connectivity index is 2.98. The first-order chi connectivity index (χ1) is 7.32. The number of para-hydroxylation sites is 1. The zero-order valence-electron chi connectivity index (χ0n) is 8.17. The molecule has 0 heterocycles. The Labute approximate surface area is 107 Å². The number of carbonyl (C=O) groups excluding carboxylic acids is 2. The topological polar surface area (TPSA) is 43.4 Å². The van der Waals surface area contributed by atoms with Gasteiger partial charge in [0, 0.05) is 0 Å². The molecule has 0 N–H and O–H groups in total. The van der Waals surface area contributed by atoms with Crippen LogP contribution in [0.1, 0.15) is 17.3 Å². The second-order valence-electron chi connectivity index (χ2n) is 2.94. The number of carbonyl (C=O) groups is 2. The first kappa shape index (κ1) is 13.3. The van der Waals surface area contributed by atoms with Gasteiger partial charge in [0.1, 0.15) is 5.75 Å². The number of benzene rings is 1. The lowest BCUT2D eigenvalue weighted by Crippen LogP contribution is -2.25. The Kier molecular flexibility index (Phi) is 4.19. The summed E-state index contributed by atoms with van der Waals surface area (Å²) in [5.74, 6) is -1.22. The van der Waals surface area contributed by atoms with Crippen LogP contribution < -0.4 is 4.74 Å². The van der Waals surface area contributed by atoms with Crippen LogP contribution in [0.3, 0.4) is 0 Å². The Bertz CT molecular complexity index is 424. The number of alkyl halides is 3. The van der Waals surface area contributed by atoms with Crippen LogP contribution in [0.5, 0.6) is 5.75 Å². The van der Waals surface area contributed by atoms with Gasteiger partial charge in [-0.25, -0.2) is 4.79 Å². The summed E-state index contributed by atoms with van der Waals surface area (Å²) in [5, 5.41) is 0. The van der Waals surface area contributed by atoms with Gasteiger partial charge in [0.2, 0.25) is 0 Å². The van der Waals surface area contributed by atoms with Gasteiger partial charge >= 0.3 is 5.97 Å². The van der Waals surface area contributed by atoms with Crippen molar-refractivity contribution in [3.8, 4) is 5.75 Å². The molecule has 0 unspecified atom stereocenters. The molecule has 0 radical (unpaired) electrons.